The van der Waals surface area contributed by atoms with Crippen LogP contribution in [0.4, 0.5) is 11.9 Å². The van der Waals surface area contributed by atoms with Crippen molar-refractivity contribution in [2.75, 3.05) is 44.5 Å². The third kappa shape index (κ3) is 3.56. The number of ether oxygens (including phenoxy) is 1. The number of nitrogens with one attached hydrogen (secondary N) is 1. The zero-order valence-corrected chi connectivity index (χ0v) is 12.2. The summed E-state index contributed by atoms with van der Waals surface area (Å²) in [7, 11) is 3.49. The Morgan fingerprint density at radius 3 is 2.81 bits per heavy atom. The van der Waals surface area contributed by atoms with Crippen molar-refractivity contribution in [3.63, 3.8) is 0 Å². The van der Waals surface area contributed by atoms with E-state index in [-0.39, 0.29) is 18.4 Å². The SMILES string of the molecule is CN(C)c1nc(N)nc(C(=O)NC2(CCO)CCOC2)n1. The molecule has 1 saturated heterocycles. The average Bonchev–Trinajstić information content (AvgIpc) is 2.86. The van der Waals surface area contributed by atoms with E-state index in [4.69, 9.17) is 15.6 Å². The standard InChI is InChI=1S/C12H20N6O3/c1-18(2)11-15-8(14-10(13)16-11)9(20)17-12(3-5-19)4-6-21-7-12/h19H,3-7H2,1-2H3,(H,17,20)(H2,13,14,15,16). The molecular weight excluding hydrogens is 276 g/mol. The van der Waals surface area contributed by atoms with Gasteiger partial charge in [-0.1, -0.05) is 0 Å². The van der Waals surface area contributed by atoms with E-state index < -0.39 is 11.4 Å². The summed E-state index contributed by atoms with van der Waals surface area (Å²) in [4.78, 5) is 25.8. The van der Waals surface area contributed by atoms with E-state index in [0.29, 0.717) is 32.0 Å². The van der Waals surface area contributed by atoms with E-state index in [1.807, 2.05) is 0 Å². The lowest BCUT2D eigenvalue weighted by Crippen LogP contribution is -2.50. The molecule has 0 spiro atoms. The van der Waals surface area contributed by atoms with Gasteiger partial charge in [-0.15, -0.1) is 0 Å². The van der Waals surface area contributed by atoms with Gasteiger partial charge < -0.3 is 25.8 Å². The van der Waals surface area contributed by atoms with E-state index in [1.165, 1.54) is 0 Å². The van der Waals surface area contributed by atoms with Crippen LogP contribution in [0.5, 0.6) is 0 Å². The van der Waals surface area contributed by atoms with Crippen LogP contribution in [0.1, 0.15) is 23.5 Å². The summed E-state index contributed by atoms with van der Waals surface area (Å²) in [5.74, 6) is -0.203. The molecule has 4 N–H and O–H groups in total. The summed E-state index contributed by atoms with van der Waals surface area (Å²) in [6.07, 6.45) is 1.06. The molecule has 0 saturated carbocycles. The predicted octanol–water partition coefficient (Wildman–Crippen LogP) is -1.21. The summed E-state index contributed by atoms with van der Waals surface area (Å²) in [6, 6.07) is 0. The fraction of sp³-hybridized carbons (Fsp3) is 0.667. The Labute approximate surface area is 122 Å². The number of nitrogens with two attached hydrogens (primary N) is 1. The molecule has 1 fully saturated rings. The highest BCUT2D eigenvalue weighted by Crippen LogP contribution is 2.22. The third-order valence-electron chi connectivity index (χ3n) is 3.32. The third-order valence-corrected chi connectivity index (χ3v) is 3.32. The molecule has 2 rings (SSSR count). The van der Waals surface area contributed by atoms with Crippen molar-refractivity contribution < 1.29 is 14.6 Å². The second-order valence-electron chi connectivity index (χ2n) is 5.22. The van der Waals surface area contributed by atoms with E-state index in [2.05, 4.69) is 20.3 Å². The zero-order chi connectivity index (χ0) is 15.5. The van der Waals surface area contributed by atoms with Gasteiger partial charge in [-0.3, -0.25) is 4.79 Å². The fourth-order valence-corrected chi connectivity index (χ4v) is 2.16. The van der Waals surface area contributed by atoms with Crippen LogP contribution in [-0.4, -0.2) is 65.4 Å². The Balaban J connectivity index is 2.19. The van der Waals surface area contributed by atoms with Crippen molar-refractivity contribution in [2.45, 2.75) is 18.4 Å². The highest BCUT2D eigenvalue weighted by Gasteiger charge is 2.36. The summed E-state index contributed by atoms with van der Waals surface area (Å²) >= 11 is 0. The van der Waals surface area contributed by atoms with Crippen LogP contribution in [0, 0.1) is 0 Å². The van der Waals surface area contributed by atoms with Gasteiger partial charge in [0.25, 0.3) is 5.91 Å². The molecule has 0 aliphatic carbocycles. The van der Waals surface area contributed by atoms with Gasteiger partial charge in [-0.05, 0) is 12.8 Å². The first-order valence-electron chi connectivity index (χ1n) is 6.66. The Kier molecular flexibility index (Phi) is 4.53. The van der Waals surface area contributed by atoms with Gasteiger partial charge in [0.1, 0.15) is 0 Å². The highest BCUT2D eigenvalue weighted by atomic mass is 16.5. The number of hydrogen-bond donors (Lipinski definition) is 3. The molecule has 1 aliphatic rings. The van der Waals surface area contributed by atoms with Gasteiger partial charge in [0.2, 0.25) is 17.7 Å². The molecule has 1 aliphatic heterocycles. The largest absolute Gasteiger partial charge is 0.396 e. The maximum absolute atomic E-state index is 12.3. The van der Waals surface area contributed by atoms with Crippen LogP contribution >= 0.6 is 0 Å². The first-order valence-corrected chi connectivity index (χ1v) is 6.66. The Bertz CT molecular complexity index is 516. The number of aliphatic hydroxyl groups excluding tert-OH is 1. The van der Waals surface area contributed by atoms with Crippen LogP contribution in [0.15, 0.2) is 0 Å². The molecule has 1 atom stereocenters. The molecule has 9 heteroatoms. The maximum atomic E-state index is 12.3. The molecule has 21 heavy (non-hydrogen) atoms. The lowest BCUT2D eigenvalue weighted by molar-refractivity contribution is 0.0840. The fourth-order valence-electron chi connectivity index (χ4n) is 2.16. The number of aliphatic hydroxyl groups is 1. The van der Waals surface area contributed by atoms with Gasteiger partial charge in [0.15, 0.2) is 0 Å². The molecule has 9 nitrogen and oxygen atoms in total. The molecule has 0 radical (unpaired) electrons. The monoisotopic (exact) mass is 296 g/mol. The molecular formula is C12H20N6O3. The molecule has 2 heterocycles. The van der Waals surface area contributed by atoms with Gasteiger partial charge in [-0.25, -0.2) is 0 Å². The number of nitrogens with zero attached hydrogens (tertiary/aromatic N) is 4. The topological polar surface area (TPSA) is 126 Å². The quantitative estimate of drug-likeness (QED) is 0.618. The zero-order valence-electron chi connectivity index (χ0n) is 12.2. The Morgan fingerprint density at radius 1 is 1.48 bits per heavy atom. The molecule has 0 bridgehead atoms. The number of carbonyl (C=O) groups is 1. The van der Waals surface area contributed by atoms with Crippen LogP contribution in [0.3, 0.4) is 0 Å². The number of aromatic nitrogens is 3. The first kappa shape index (κ1) is 15.4. The summed E-state index contributed by atoms with van der Waals surface area (Å²) in [6.45, 7) is 0.870. The van der Waals surface area contributed by atoms with Crippen molar-refractivity contribution >= 4 is 17.8 Å². The number of nitrogen functional groups attached to an aromatic ring is 1. The number of carbonyl (C=O) groups excluding carboxylic acids is 1. The van der Waals surface area contributed by atoms with Gasteiger partial charge in [-0.2, -0.15) is 15.0 Å². The molecule has 1 aromatic rings. The maximum Gasteiger partial charge on any atom is 0.289 e. The van der Waals surface area contributed by atoms with Crippen molar-refractivity contribution in [1.29, 1.82) is 0 Å². The molecule has 1 amide bonds. The van der Waals surface area contributed by atoms with E-state index in [0.717, 1.165) is 0 Å². The van der Waals surface area contributed by atoms with E-state index >= 15 is 0 Å². The summed E-state index contributed by atoms with van der Waals surface area (Å²) < 4.78 is 5.32. The first-order chi connectivity index (χ1) is 9.96. The predicted molar refractivity (Wildman–Crippen MR) is 75.9 cm³/mol. The lowest BCUT2D eigenvalue weighted by Gasteiger charge is -2.27. The van der Waals surface area contributed by atoms with Crippen LogP contribution in [0.2, 0.25) is 0 Å². The van der Waals surface area contributed by atoms with E-state index in [1.54, 1.807) is 19.0 Å². The number of anilines is 2. The highest BCUT2D eigenvalue weighted by molar-refractivity contribution is 5.91. The van der Waals surface area contributed by atoms with Crippen LogP contribution < -0.4 is 16.0 Å². The second kappa shape index (κ2) is 6.19. The summed E-state index contributed by atoms with van der Waals surface area (Å²) in [5, 5.41) is 12.0. The minimum Gasteiger partial charge on any atom is -0.396 e. The minimum atomic E-state index is -0.578. The lowest BCUT2D eigenvalue weighted by atomic mass is 9.94. The number of hydrogen-bond acceptors (Lipinski definition) is 8. The van der Waals surface area contributed by atoms with Crippen molar-refractivity contribution in [3.05, 3.63) is 5.82 Å². The Hall–Kier alpha value is -2.00. The van der Waals surface area contributed by atoms with Crippen LogP contribution in [-0.2, 0) is 4.74 Å². The minimum absolute atomic E-state index is 0.0160. The summed E-state index contributed by atoms with van der Waals surface area (Å²) in [5.41, 5.74) is 5.02. The smallest absolute Gasteiger partial charge is 0.289 e. The van der Waals surface area contributed by atoms with Gasteiger partial charge in [0.05, 0.1) is 12.1 Å². The number of amides is 1. The molecule has 116 valence electrons. The molecule has 1 unspecified atom stereocenters. The van der Waals surface area contributed by atoms with Crippen molar-refractivity contribution in [1.82, 2.24) is 20.3 Å². The van der Waals surface area contributed by atoms with Crippen LogP contribution in [0.25, 0.3) is 0 Å². The van der Waals surface area contributed by atoms with Crippen molar-refractivity contribution in [3.8, 4) is 0 Å². The molecule has 1 aromatic heterocycles. The molecule has 0 aromatic carbocycles. The average molecular weight is 296 g/mol. The van der Waals surface area contributed by atoms with Gasteiger partial charge >= 0.3 is 0 Å². The van der Waals surface area contributed by atoms with Crippen molar-refractivity contribution in [2.24, 2.45) is 0 Å². The Morgan fingerprint density at radius 2 is 2.24 bits per heavy atom. The van der Waals surface area contributed by atoms with E-state index in [9.17, 15) is 4.79 Å². The number of rotatable bonds is 5. The normalized spacial score (nSPS) is 21.3. The second-order valence-corrected chi connectivity index (χ2v) is 5.22. The van der Waals surface area contributed by atoms with Gasteiger partial charge in [0, 0.05) is 27.3 Å².